The van der Waals surface area contributed by atoms with Crippen LogP contribution < -0.4 is 11.1 Å². The van der Waals surface area contributed by atoms with Gasteiger partial charge in [-0.05, 0) is 30.9 Å². The van der Waals surface area contributed by atoms with E-state index in [1.165, 1.54) is 0 Å². The van der Waals surface area contributed by atoms with Gasteiger partial charge < -0.3 is 15.8 Å². The molecule has 2 atom stereocenters. The number of nitrogens with two attached hydrogens (primary N) is 1. The maximum atomic E-state index is 12.3. The number of benzene rings is 1. The van der Waals surface area contributed by atoms with Crippen molar-refractivity contribution in [2.24, 2.45) is 5.73 Å². The predicted octanol–water partition coefficient (Wildman–Crippen LogP) is 2.63. The number of anilines is 1. The van der Waals surface area contributed by atoms with E-state index in [9.17, 15) is 18.0 Å². The highest BCUT2D eigenvalue weighted by molar-refractivity contribution is 5.95. The van der Waals surface area contributed by atoms with E-state index in [0.29, 0.717) is 30.6 Å². The van der Waals surface area contributed by atoms with Gasteiger partial charge in [-0.25, -0.2) is 0 Å². The minimum absolute atomic E-state index is 0.128. The SMILES string of the molecule is NC[C@H]1CC[C@@H](C(=O)Nc2ccccc2CCC(F)(F)F)O1. The Hall–Kier alpha value is -1.60. The normalized spacial score (nSPS) is 21.8. The highest BCUT2D eigenvalue weighted by atomic mass is 19.4. The number of hydrogen-bond acceptors (Lipinski definition) is 3. The van der Waals surface area contributed by atoms with E-state index in [4.69, 9.17) is 10.5 Å². The second-order valence-electron chi connectivity index (χ2n) is 5.32. The first kappa shape index (κ1) is 16.8. The zero-order chi connectivity index (χ0) is 16.2. The lowest BCUT2D eigenvalue weighted by Crippen LogP contribution is -2.30. The largest absolute Gasteiger partial charge is 0.389 e. The number of aryl methyl sites for hydroxylation is 1. The van der Waals surface area contributed by atoms with Crippen LogP contribution in [0.25, 0.3) is 0 Å². The third-order valence-corrected chi connectivity index (χ3v) is 3.62. The monoisotopic (exact) mass is 316 g/mol. The lowest BCUT2D eigenvalue weighted by Gasteiger charge is -2.15. The van der Waals surface area contributed by atoms with Crippen LogP contribution in [0.2, 0.25) is 0 Å². The second-order valence-corrected chi connectivity index (χ2v) is 5.32. The number of carbonyl (C=O) groups is 1. The maximum absolute atomic E-state index is 12.3. The van der Waals surface area contributed by atoms with Crippen molar-refractivity contribution < 1.29 is 22.7 Å². The van der Waals surface area contributed by atoms with Crippen LogP contribution in [-0.4, -0.2) is 30.8 Å². The van der Waals surface area contributed by atoms with E-state index < -0.39 is 18.7 Å². The van der Waals surface area contributed by atoms with Crippen LogP contribution >= 0.6 is 0 Å². The number of nitrogens with one attached hydrogen (secondary N) is 1. The molecule has 0 unspecified atom stereocenters. The Morgan fingerprint density at radius 3 is 2.68 bits per heavy atom. The van der Waals surface area contributed by atoms with E-state index in [2.05, 4.69) is 5.32 Å². The quantitative estimate of drug-likeness (QED) is 0.878. The van der Waals surface area contributed by atoms with Gasteiger partial charge in [-0.15, -0.1) is 0 Å². The fraction of sp³-hybridized carbons (Fsp3) is 0.533. The molecule has 1 fully saturated rings. The molecule has 1 aliphatic heterocycles. The summed E-state index contributed by atoms with van der Waals surface area (Å²) in [5, 5.41) is 2.66. The zero-order valence-corrected chi connectivity index (χ0v) is 12.0. The van der Waals surface area contributed by atoms with Crippen LogP contribution in [0.3, 0.4) is 0 Å². The van der Waals surface area contributed by atoms with Gasteiger partial charge in [-0.2, -0.15) is 13.2 Å². The number of carbonyl (C=O) groups excluding carboxylic acids is 1. The van der Waals surface area contributed by atoms with Gasteiger partial charge in [-0.1, -0.05) is 18.2 Å². The first-order valence-corrected chi connectivity index (χ1v) is 7.20. The van der Waals surface area contributed by atoms with Crippen LogP contribution in [-0.2, 0) is 16.0 Å². The molecule has 1 saturated heterocycles. The summed E-state index contributed by atoms with van der Waals surface area (Å²) in [6.07, 6.45) is -4.75. The van der Waals surface area contributed by atoms with Crippen LogP contribution in [0.5, 0.6) is 0 Å². The van der Waals surface area contributed by atoms with Gasteiger partial charge in [0.25, 0.3) is 5.91 Å². The number of para-hydroxylation sites is 1. The average Bonchev–Trinajstić information content (AvgIpc) is 2.94. The van der Waals surface area contributed by atoms with Crippen molar-refractivity contribution in [1.82, 2.24) is 0 Å². The van der Waals surface area contributed by atoms with Crippen LogP contribution in [0.1, 0.15) is 24.8 Å². The molecule has 1 aromatic carbocycles. The summed E-state index contributed by atoms with van der Waals surface area (Å²) in [5.41, 5.74) is 6.35. The molecule has 1 aromatic rings. The van der Waals surface area contributed by atoms with Gasteiger partial charge in [0, 0.05) is 18.7 Å². The number of amides is 1. The standard InChI is InChI=1S/C15H19F3N2O2/c16-15(17,18)8-7-10-3-1-2-4-12(10)20-14(21)13-6-5-11(9-19)22-13/h1-4,11,13H,5-9,19H2,(H,20,21)/t11-,13+/m1/s1. The Kier molecular flexibility index (Phi) is 5.42. The molecule has 7 heteroatoms. The van der Waals surface area contributed by atoms with E-state index >= 15 is 0 Å². The second kappa shape index (κ2) is 7.11. The van der Waals surface area contributed by atoms with Gasteiger partial charge in [-0.3, -0.25) is 4.79 Å². The molecule has 22 heavy (non-hydrogen) atoms. The number of ether oxygens (including phenoxy) is 1. The lowest BCUT2D eigenvalue weighted by atomic mass is 10.1. The highest BCUT2D eigenvalue weighted by Crippen LogP contribution is 2.26. The fourth-order valence-electron chi connectivity index (χ4n) is 2.42. The Labute approximate surface area is 126 Å². The summed E-state index contributed by atoms with van der Waals surface area (Å²) in [7, 11) is 0. The van der Waals surface area contributed by atoms with Crippen molar-refractivity contribution in [3.8, 4) is 0 Å². The van der Waals surface area contributed by atoms with Gasteiger partial charge in [0.05, 0.1) is 6.10 Å². The van der Waals surface area contributed by atoms with Gasteiger partial charge in [0.15, 0.2) is 0 Å². The Morgan fingerprint density at radius 2 is 2.05 bits per heavy atom. The molecule has 0 spiro atoms. The molecule has 0 radical (unpaired) electrons. The van der Waals surface area contributed by atoms with Gasteiger partial charge >= 0.3 is 6.18 Å². The van der Waals surface area contributed by atoms with E-state index in [1.54, 1.807) is 24.3 Å². The van der Waals surface area contributed by atoms with E-state index in [0.717, 1.165) is 0 Å². The number of halogens is 3. The van der Waals surface area contributed by atoms with Crippen molar-refractivity contribution in [3.05, 3.63) is 29.8 Å². The zero-order valence-electron chi connectivity index (χ0n) is 12.0. The van der Waals surface area contributed by atoms with E-state index in [-0.39, 0.29) is 18.4 Å². The molecule has 1 aliphatic rings. The Bertz CT molecular complexity index is 520. The number of alkyl halides is 3. The first-order chi connectivity index (χ1) is 10.4. The van der Waals surface area contributed by atoms with Crippen LogP contribution in [0, 0.1) is 0 Å². The summed E-state index contributed by atoms with van der Waals surface area (Å²) in [6, 6.07) is 6.50. The molecule has 0 aromatic heterocycles. The first-order valence-electron chi connectivity index (χ1n) is 7.20. The van der Waals surface area contributed by atoms with Crippen molar-refractivity contribution in [3.63, 3.8) is 0 Å². The molecule has 0 aliphatic carbocycles. The molecule has 1 amide bonds. The minimum atomic E-state index is -4.22. The smallest absolute Gasteiger partial charge is 0.364 e. The molecular formula is C15H19F3N2O2. The summed E-state index contributed by atoms with van der Waals surface area (Å²) in [5.74, 6) is -0.338. The molecular weight excluding hydrogens is 297 g/mol. The van der Waals surface area contributed by atoms with Crippen LogP contribution in [0.15, 0.2) is 24.3 Å². The number of hydrogen-bond donors (Lipinski definition) is 2. The molecule has 1 heterocycles. The minimum Gasteiger partial charge on any atom is -0.364 e. The maximum Gasteiger partial charge on any atom is 0.389 e. The average molecular weight is 316 g/mol. The summed E-state index contributed by atoms with van der Waals surface area (Å²) < 4.78 is 42.5. The van der Waals surface area contributed by atoms with Crippen molar-refractivity contribution in [2.75, 3.05) is 11.9 Å². The highest BCUT2D eigenvalue weighted by Gasteiger charge is 2.30. The lowest BCUT2D eigenvalue weighted by molar-refractivity contribution is -0.133. The van der Waals surface area contributed by atoms with E-state index in [1.807, 2.05) is 0 Å². The summed E-state index contributed by atoms with van der Waals surface area (Å²) >= 11 is 0. The van der Waals surface area contributed by atoms with Gasteiger partial charge in [0.2, 0.25) is 0 Å². The van der Waals surface area contributed by atoms with Crippen molar-refractivity contribution in [1.29, 1.82) is 0 Å². The van der Waals surface area contributed by atoms with Crippen molar-refractivity contribution in [2.45, 2.75) is 44.1 Å². The fourth-order valence-corrected chi connectivity index (χ4v) is 2.42. The molecule has 0 bridgehead atoms. The topological polar surface area (TPSA) is 64.4 Å². The molecule has 4 nitrogen and oxygen atoms in total. The van der Waals surface area contributed by atoms with Crippen LogP contribution in [0.4, 0.5) is 18.9 Å². The third-order valence-electron chi connectivity index (χ3n) is 3.62. The third kappa shape index (κ3) is 4.71. The summed E-state index contributed by atoms with van der Waals surface area (Å²) in [4.78, 5) is 12.1. The Balaban J connectivity index is 1.99. The molecule has 0 saturated carbocycles. The number of rotatable bonds is 5. The molecule has 3 N–H and O–H groups in total. The predicted molar refractivity (Wildman–Crippen MR) is 76.4 cm³/mol. The Morgan fingerprint density at radius 1 is 1.32 bits per heavy atom. The van der Waals surface area contributed by atoms with Gasteiger partial charge in [0.1, 0.15) is 6.10 Å². The summed E-state index contributed by atoms with van der Waals surface area (Å²) in [6.45, 7) is 0.353. The molecule has 122 valence electrons. The van der Waals surface area contributed by atoms with Crippen molar-refractivity contribution >= 4 is 11.6 Å². The molecule has 2 rings (SSSR count).